The minimum atomic E-state index is 0.602. The quantitative estimate of drug-likeness (QED) is 0.923. The number of piperidine rings is 1. The van der Waals surface area contributed by atoms with E-state index in [0.717, 1.165) is 23.2 Å². The summed E-state index contributed by atoms with van der Waals surface area (Å²) in [4.78, 5) is 4.49. The maximum Gasteiger partial charge on any atom is 0.139 e. The smallest absolute Gasteiger partial charge is 0.139 e. The van der Waals surface area contributed by atoms with E-state index in [0.29, 0.717) is 6.04 Å². The molecular formula is C13H16BrN3. The van der Waals surface area contributed by atoms with E-state index in [1.54, 1.807) is 0 Å². The van der Waals surface area contributed by atoms with Gasteiger partial charge in [-0.3, -0.25) is 0 Å². The molecule has 0 aliphatic carbocycles. The van der Waals surface area contributed by atoms with Crippen LogP contribution in [0.2, 0.25) is 0 Å². The summed E-state index contributed by atoms with van der Waals surface area (Å²) in [5.41, 5.74) is 1.08. The molecule has 1 aliphatic heterocycles. The van der Waals surface area contributed by atoms with Crippen LogP contribution in [0.3, 0.4) is 0 Å². The van der Waals surface area contributed by atoms with Crippen molar-refractivity contribution in [2.24, 2.45) is 0 Å². The van der Waals surface area contributed by atoms with E-state index in [9.17, 15) is 0 Å². The average Bonchev–Trinajstić information content (AvgIpc) is 2.73. The molecule has 17 heavy (non-hydrogen) atoms. The SMILES string of the molecule is Brc1cnc2c(ccn2CC2CCCCN2)c1. The molecule has 0 saturated carbocycles. The van der Waals surface area contributed by atoms with Crippen LogP contribution in [-0.2, 0) is 6.54 Å². The lowest BCUT2D eigenvalue weighted by Gasteiger charge is -2.24. The summed E-state index contributed by atoms with van der Waals surface area (Å²) in [7, 11) is 0. The summed E-state index contributed by atoms with van der Waals surface area (Å²) in [6, 6.07) is 4.85. The normalized spacial score (nSPS) is 20.9. The number of hydrogen-bond donors (Lipinski definition) is 1. The summed E-state index contributed by atoms with van der Waals surface area (Å²) in [5.74, 6) is 0. The third kappa shape index (κ3) is 2.38. The third-order valence-electron chi connectivity index (χ3n) is 3.40. The highest BCUT2D eigenvalue weighted by atomic mass is 79.9. The van der Waals surface area contributed by atoms with Crippen molar-refractivity contribution in [2.75, 3.05) is 6.54 Å². The van der Waals surface area contributed by atoms with Gasteiger partial charge in [0.1, 0.15) is 5.65 Å². The van der Waals surface area contributed by atoms with Gasteiger partial charge in [-0.2, -0.15) is 0 Å². The Morgan fingerprint density at radius 2 is 2.41 bits per heavy atom. The minimum absolute atomic E-state index is 0.602. The van der Waals surface area contributed by atoms with Gasteiger partial charge in [-0.25, -0.2) is 4.98 Å². The zero-order valence-electron chi connectivity index (χ0n) is 9.69. The summed E-state index contributed by atoms with van der Waals surface area (Å²) < 4.78 is 3.30. The molecule has 1 unspecified atom stereocenters. The number of fused-ring (bicyclic) bond motifs is 1. The lowest BCUT2D eigenvalue weighted by molar-refractivity contribution is 0.366. The van der Waals surface area contributed by atoms with Crippen LogP contribution in [0.15, 0.2) is 29.0 Å². The van der Waals surface area contributed by atoms with Gasteiger partial charge in [0.05, 0.1) is 0 Å². The van der Waals surface area contributed by atoms with Gasteiger partial charge in [0.15, 0.2) is 0 Å². The van der Waals surface area contributed by atoms with Crippen LogP contribution in [0.1, 0.15) is 19.3 Å². The van der Waals surface area contributed by atoms with Gasteiger partial charge in [-0.1, -0.05) is 6.42 Å². The van der Waals surface area contributed by atoms with Crippen molar-refractivity contribution in [2.45, 2.75) is 31.8 Å². The first-order valence-electron chi connectivity index (χ1n) is 6.17. The van der Waals surface area contributed by atoms with E-state index < -0.39 is 0 Å². The van der Waals surface area contributed by atoms with E-state index in [4.69, 9.17) is 0 Å². The molecular weight excluding hydrogens is 278 g/mol. The fourth-order valence-electron chi connectivity index (χ4n) is 2.52. The van der Waals surface area contributed by atoms with Gasteiger partial charge in [0.2, 0.25) is 0 Å². The summed E-state index contributed by atoms with van der Waals surface area (Å²) in [6.45, 7) is 2.18. The predicted octanol–water partition coefficient (Wildman–Crippen LogP) is 2.94. The van der Waals surface area contributed by atoms with Crippen LogP contribution in [0.25, 0.3) is 11.0 Å². The van der Waals surface area contributed by atoms with Crippen molar-refractivity contribution >= 4 is 27.0 Å². The maximum absolute atomic E-state index is 4.49. The van der Waals surface area contributed by atoms with Crippen LogP contribution >= 0.6 is 15.9 Å². The van der Waals surface area contributed by atoms with E-state index >= 15 is 0 Å². The van der Waals surface area contributed by atoms with Crippen molar-refractivity contribution in [1.82, 2.24) is 14.9 Å². The van der Waals surface area contributed by atoms with E-state index in [1.165, 1.54) is 24.6 Å². The Kier molecular flexibility index (Phi) is 3.16. The first-order chi connectivity index (χ1) is 8.33. The molecule has 3 rings (SSSR count). The van der Waals surface area contributed by atoms with Crippen LogP contribution < -0.4 is 5.32 Å². The molecule has 0 radical (unpaired) electrons. The topological polar surface area (TPSA) is 29.9 Å². The molecule has 1 saturated heterocycles. The molecule has 3 nitrogen and oxygen atoms in total. The number of nitrogens with zero attached hydrogens (tertiary/aromatic N) is 2. The molecule has 0 amide bonds. The fourth-order valence-corrected chi connectivity index (χ4v) is 2.86. The van der Waals surface area contributed by atoms with Crippen molar-refractivity contribution < 1.29 is 0 Å². The summed E-state index contributed by atoms with van der Waals surface area (Å²) in [5, 5.41) is 4.78. The molecule has 1 atom stereocenters. The molecule has 0 spiro atoms. The number of pyridine rings is 1. The highest BCUT2D eigenvalue weighted by Crippen LogP contribution is 2.19. The fraction of sp³-hybridized carbons (Fsp3) is 0.462. The van der Waals surface area contributed by atoms with Crippen LogP contribution in [0.5, 0.6) is 0 Å². The zero-order chi connectivity index (χ0) is 11.7. The Bertz CT molecular complexity index is 514. The molecule has 2 aromatic heterocycles. The van der Waals surface area contributed by atoms with Crippen molar-refractivity contribution in [1.29, 1.82) is 0 Å². The van der Waals surface area contributed by atoms with Crippen molar-refractivity contribution in [3.05, 3.63) is 29.0 Å². The van der Waals surface area contributed by atoms with E-state index in [1.807, 2.05) is 6.20 Å². The molecule has 1 aliphatic rings. The highest BCUT2D eigenvalue weighted by molar-refractivity contribution is 9.10. The largest absolute Gasteiger partial charge is 0.331 e. The Morgan fingerprint density at radius 3 is 3.24 bits per heavy atom. The molecule has 1 N–H and O–H groups in total. The number of halogens is 1. The lowest BCUT2D eigenvalue weighted by atomic mass is 10.1. The molecule has 0 bridgehead atoms. The number of nitrogens with one attached hydrogen (secondary N) is 1. The van der Waals surface area contributed by atoms with Gasteiger partial charge in [0, 0.05) is 34.8 Å². The van der Waals surface area contributed by atoms with Gasteiger partial charge in [-0.05, 0) is 47.4 Å². The van der Waals surface area contributed by atoms with Crippen LogP contribution in [0.4, 0.5) is 0 Å². The second-order valence-electron chi connectivity index (χ2n) is 4.68. The second kappa shape index (κ2) is 4.78. The first kappa shape index (κ1) is 11.2. The molecule has 3 heterocycles. The second-order valence-corrected chi connectivity index (χ2v) is 5.60. The summed E-state index contributed by atoms with van der Waals surface area (Å²) in [6.07, 6.45) is 7.94. The maximum atomic E-state index is 4.49. The van der Waals surface area contributed by atoms with Gasteiger partial charge >= 0.3 is 0 Å². The Morgan fingerprint density at radius 1 is 1.47 bits per heavy atom. The van der Waals surface area contributed by atoms with Gasteiger partial charge < -0.3 is 9.88 Å². The lowest BCUT2D eigenvalue weighted by Crippen LogP contribution is -2.37. The number of hydrogen-bond acceptors (Lipinski definition) is 2. The Balaban J connectivity index is 1.84. The Labute approximate surface area is 109 Å². The first-order valence-corrected chi connectivity index (χ1v) is 6.96. The standard InChI is InChI=1S/C13H16BrN3/c14-11-7-10-4-6-17(13(10)16-8-11)9-12-3-1-2-5-15-12/h4,6-8,12,15H,1-3,5,9H2. The van der Waals surface area contributed by atoms with Gasteiger partial charge in [-0.15, -0.1) is 0 Å². The van der Waals surface area contributed by atoms with E-state index in [2.05, 4.69) is 49.1 Å². The Hall–Kier alpha value is -0.870. The van der Waals surface area contributed by atoms with E-state index in [-0.39, 0.29) is 0 Å². The predicted molar refractivity (Wildman–Crippen MR) is 73.1 cm³/mol. The minimum Gasteiger partial charge on any atom is -0.331 e. The number of aromatic nitrogens is 2. The molecule has 90 valence electrons. The molecule has 2 aromatic rings. The van der Waals surface area contributed by atoms with Crippen molar-refractivity contribution in [3.8, 4) is 0 Å². The third-order valence-corrected chi connectivity index (χ3v) is 3.83. The molecule has 1 fully saturated rings. The van der Waals surface area contributed by atoms with Gasteiger partial charge in [0.25, 0.3) is 0 Å². The average molecular weight is 294 g/mol. The van der Waals surface area contributed by atoms with Crippen molar-refractivity contribution in [3.63, 3.8) is 0 Å². The monoisotopic (exact) mass is 293 g/mol. The summed E-state index contributed by atoms with van der Waals surface area (Å²) >= 11 is 3.46. The highest BCUT2D eigenvalue weighted by Gasteiger charge is 2.14. The number of rotatable bonds is 2. The van der Waals surface area contributed by atoms with Crippen LogP contribution in [0, 0.1) is 0 Å². The zero-order valence-corrected chi connectivity index (χ0v) is 11.3. The van der Waals surface area contributed by atoms with Crippen LogP contribution in [-0.4, -0.2) is 22.1 Å². The molecule has 4 heteroatoms. The molecule has 0 aromatic carbocycles.